The molecule has 0 fully saturated rings. The second-order valence-corrected chi connectivity index (χ2v) is 6.84. The fourth-order valence-electron chi connectivity index (χ4n) is 1.86. The zero-order valence-electron chi connectivity index (χ0n) is 12.5. The molecule has 7 heteroatoms. The van der Waals surface area contributed by atoms with Crippen LogP contribution in [0.4, 0.5) is 0 Å². The van der Waals surface area contributed by atoms with Crippen LogP contribution in [0.15, 0.2) is 51.4 Å². The Morgan fingerprint density at radius 3 is 2.83 bits per heavy atom. The van der Waals surface area contributed by atoms with E-state index in [4.69, 9.17) is 4.42 Å². The predicted molar refractivity (Wildman–Crippen MR) is 91.4 cm³/mol. The molecule has 0 unspecified atom stereocenters. The summed E-state index contributed by atoms with van der Waals surface area (Å²) in [7, 11) is 0. The molecule has 2 aromatic heterocycles. The average molecular weight is 345 g/mol. The second-order valence-electron chi connectivity index (χ2n) is 4.88. The van der Waals surface area contributed by atoms with Gasteiger partial charge in [-0.1, -0.05) is 35.5 Å². The van der Waals surface area contributed by atoms with Gasteiger partial charge in [-0.25, -0.2) is 0 Å². The number of thioether (sulfide) groups is 1. The highest BCUT2D eigenvalue weighted by Gasteiger charge is 2.11. The summed E-state index contributed by atoms with van der Waals surface area (Å²) >= 11 is 2.85. The SMILES string of the molecule is Cc1ccc(-c2nnc(SCC(=O)NCc3cccs3)o2)cc1. The summed E-state index contributed by atoms with van der Waals surface area (Å²) in [6, 6.07) is 11.8. The van der Waals surface area contributed by atoms with E-state index in [1.807, 2.05) is 48.7 Å². The van der Waals surface area contributed by atoms with Crippen molar-refractivity contribution < 1.29 is 9.21 Å². The number of aryl methyl sites for hydroxylation is 1. The molecule has 1 aromatic carbocycles. The van der Waals surface area contributed by atoms with Crippen LogP contribution in [-0.4, -0.2) is 21.9 Å². The minimum atomic E-state index is -0.0570. The topological polar surface area (TPSA) is 68.0 Å². The molecule has 0 aliphatic rings. The minimum absolute atomic E-state index is 0.0570. The van der Waals surface area contributed by atoms with Crippen LogP contribution in [0, 0.1) is 6.92 Å². The number of nitrogens with zero attached hydrogens (tertiary/aromatic N) is 2. The first-order valence-corrected chi connectivity index (χ1v) is 8.89. The first kappa shape index (κ1) is 15.8. The maximum absolute atomic E-state index is 11.8. The summed E-state index contributed by atoms with van der Waals surface area (Å²) in [5.41, 5.74) is 2.04. The van der Waals surface area contributed by atoms with Crippen LogP contribution in [0.2, 0.25) is 0 Å². The molecule has 0 atom stereocenters. The van der Waals surface area contributed by atoms with Crippen LogP contribution in [0.5, 0.6) is 0 Å². The van der Waals surface area contributed by atoms with Crippen molar-refractivity contribution >= 4 is 29.0 Å². The average Bonchev–Trinajstić information content (AvgIpc) is 3.23. The van der Waals surface area contributed by atoms with Crippen molar-refractivity contribution in [3.8, 4) is 11.5 Å². The smallest absolute Gasteiger partial charge is 0.277 e. The maximum atomic E-state index is 11.8. The first-order chi connectivity index (χ1) is 11.2. The molecular formula is C16H15N3O2S2. The second kappa shape index (κ2) is 7.43. The molecule has 0 bridgehead atoms. The van der Waals surface area contributed by atoms with Gasteiger partial charge in [0, 0.05) is 10.4 Å². The third kappa shape index (κ3) is 4.43. The van der Waals surface area contributed by atoms with Crippen molar-refractivity contribution in [3.63, 3.8) is 0 Å². The van der Waals surface area contributed by atoms with Crippen LogP contribution in [0.3, 0.4) is 0 Å². The molecule has 3 rings (SSSR count). The molecule has 1 amide bonds. The van der Waals surface area contributed by atoms with Crippen LogP contribution in [-0.2, 0) is 11.3 Å². The van der Waals surface area contributed by atoms with E-state index in [-0.39, 0.29) is 11.7 Å². The van der Waals surface area contributed by atoms with Gasteiger partial charge in [-0.3, -0.25) is 4.79 Å². The molecule has 0 aliphatic heterocycles. The zero-order valence-corrected chi connectivity index (χ0v) is 14.1. The maximum Gasteiger partial charge on any atom is 0.277 e. The van der Waals surface area contributed by atoms with Gasteiger partial charge in [-0.05, 0) is 30.5 Å². The van der Waals surface area contributed by atoms with Crippen molar-refractivity contribution in [1.29, 1.82) is 0 Å². The van der Waals surface area contributed by atoms with E-state index >= 15 is 0 Å². The highest BCUT2D eigenvalue weighted by Crippen LogP contribution is 2.23. The predicted octanol–water partition coefficient (Wildman–Crippen LogP) is 3.52. The van der Waals surface area contributed by atoms with Crippen molar-refractivity contribution in [2.24, 2.45) is 0 Å². The van der Waals surface area contributed by atoms with Crippen molar-refractivity contribution in [3.05, 3.63) is 52.2 Å². The van der Waals surface area contributed by atoms with Crippen molar-refractivity contribution in [2.45, 2.75) is 18.7 Å². The third-order valence-corrected chi connectivity index (χ3v) is 4.77. The molecule has 0 saturated heterocycles. The van der Waals surface area contributed by atoms with Crippen LogP contribution >= 0.6 is 23.1 Å². The molecule has 0 radical (unpaired) electrons. The molecule has 3 aromatic rings. The number of hydrogen-bond donors (Lipinski definition) is 1. The molecule has 0 spiro atoms. The van der Waals surface area contributed by atoms with Crippen molar-refractivity contribution in [2.75, 3.05) is 5.75 Å². The van der Waals surface area contributed by atoms with Crippen molar-refractivity contribution in [1.82, 2.24) is 15.5 Å². The number of thiophene rings is 1. The summed E-state index contributed by atoms with van der Waals surface area (Å²) in [6.07, 6.45) is 0. The lowest BCUT2D eigenvalue weighted by molar-refractivity contribution is -0.118. The summed E-state index contributed by atoms with van der Waals surface area (Å²) in [6.45, 7) is 2.57. The van der Waals surface area contributed by atoms with Gasteiger partial charge in [0.2, 0.25) is 11.8 Å². The Labute approximate surface area is 142 Å². The molecule has 2 heterocycles. The highest BCUT2D eigenvalue weighted by atomic mass is 32.2. The lowest BCUT2D eigenvalue weighted by Gasteiger charge is -2.01. The Morgan fingerprint density at radius 1 is 1.26 bits per heavy atom. The number of carbonyl (C=O) groups is 1. The molecule has 118 valence electrons. The zero-order chi connectivity index (χ0) is 16.1. The number of benzene rings is 1. The quantitative estimate of drug-likeness (QED) is 0.692. The van der Waals surface area contributed by atoms with Gasteiger partial charge < -0.3 is 9.73 Å². The number of nitrogens with one attached hydrogen (secondary N) is 1. The number of aromatic nitrogens is 2. The number of amides is 1. The first-order valence-electron chi connectivity index (χ1n) is 7.03. The van der Waals surface area contributed by atoms with E-state index in [9.17, 15) is 4.79 Å². The van der Waals surface area contributed by atoms with Gasteiger partial charge in [0.25, 0.3) is 5.22 Å². The Bertz CT molecular complexity index is 767. The summed E-state index contributed by atoms with van der Waals surface area (Å²) in [5, 5.41) is 13.2. The van der Waals surface area contributed by atoms with Crippen LogP contribution in [0.25, 0.3) is 11.5 Å². The normalized spacial score (nSPS) is 10.7. The van der Waals surface area contributed by atoms with E-state index in [0.717, 1.165) is 10.4 Å². The molecule has 1 N–H and O–H groups in total. The minimum Gasteiger partial charge on any atom is -0.411 e. The van der Waals surface area contributed by atoms with E-state index in [1.165, 1.54) is 17.3 Å². The van der Waals surface area contributed by atoms with E-state index in [1.54, 1.807) is 11.3 Å². The monoisotopic (exact) mass is 345 g/mol. The number of hydrogen-bond acceptors (Lipinski definition) is 6. The molecule has 0 aliphatic carbocycles. The summed E-state index contributed by atoms with van der Waals surface area (Å²) in [4.78, 5) is 12.9. The Kier molecular flexibility index (Phi) is 5.09. The third-order valence-electron chi connectivity index (χ3n) is 3.07. The van der Waals surface area contributed by atoms with E-state index in [2.05, 4.69) is 15.5 Å². The molecule has 23 heavy (non-hydrogen) atoms. The van der Waals surface area contributed by atoms with Crippen LogP contribution in [0.1, 0.15) is 10.4 Å². The van der Waals surface area contributed by atoms with Crippen LogP contribution < -0.4 is 5.32 Å². The number of carbonyl (C=O) groups excluding carboxylic acids is 1. The lowest BCUT2D eigenvalue weighted by Crippen LogP contribution is -2.24. The largest absolute Gasteiger partial charge is 0.411 e. The fraction of sp³-hybridized carbons (Fsp3) is 0.188. The van der Waals surface area contributed by atoms with Gasteiger partial charge >= 0.3 is 0 Å². The van der Waals surface area contributed by atoms with E-state index in [0.29, 0.717) is 17.7 Å². The Morgan fingerprint density at radius 2 is 2.09 bits per heavy atom. The van der Waals surface area contributed by atoms with Gasteiger partial charge in [0.05, 0.1) is 12.3 Å². The fourth-order valence-corrected chi connectivity index (χ4v) is 3.10. The molecule has 5 nitrogen and oxygen atoms in total. The summed E-state index contributed by atoms with van der Waals surface area (Å²) in [5.74, 6) is 0.658. The van der Waals surface area contributed by atoms with Gasteiger partial charge in [0.1, 0.15) is 0 Å². The standard InChI is InChI=1S/C16H15N3O2S2/c1-11-4-6-12(7-5-11)15-18-19-16(21-15)23-10-14(20)17-9-13-3-2-8-22-13/h2-8H,9-10H2,1H3,(H,17,20). The highest BCUT2D eigenvalue weighted by molar-refractivity contribution is 7.99. The van der Waals surface area contributed by atoms with Gasteiger partial charge in [-0.15, -0.1) is 21.5 Å². The van der Waals surface area contributed by atoms with Gasteiger partial charge in [0.15, 0.2) is 0 Å². The summed E-state index contributed by atoms with van der Waals surface area (Å²) < 4.78 is 5.57. The molecule has 0 saturated carbocycles. The Balaban J connectivity index is 1.50. The lowest BCUT2D eigenvalue weighted by atomic mass is 10.1. The molecular weight excluding hydrogens is 330 g/mol. The number of rotatable bonds is 6. The van der Waals surface area contributed by atoms with E-state index < -0.39 is 0 Å². The Hall–Kier alpha value is -2.12. The van der Waals surface area contributed by atoms with Gasteiger partial charge in [-0.2, -0.15) is 0 Å².